The molecule has 1 atom stereocenters. The topological polar surface area (TPSA) is 0 Å². The van der Waals surface area contributed by atoms with E-state index in [-0.39, 0.29) is 5.92 Å². The molecule has 0 saturated heterocycles. The van der Waals surface area contributed by atoms with Crippen LogP contribution in [-0.2, 0) is 0 Å². The lowest BCUT2D eigenvalue weighted by atomic mass is 9.92. The first-order valence-corrected chi connectivity index (χ1v) is 5.82. The van der Waals surface area contributed by atoms with E-state index in [2.05, 4.69) is 15.9 Å². The third-order valence-corrected chi connectivity index (χ3v) is 3.26. The number of benzene rings is 1. The molecule has 0 nitrogen and oxygen atoms in total. The van der Waals surface area contributed by atoms with Crippen LogP contribution < -0.4 is 0 Å². The first kappa shape index (κ1) is 11.6. The van der Waals surface area contributed by atoms with Crippen molar-refractivity contribution in [2.45, 2.75) is 5.92 Å². The average Bonchev–Trinajstić information content (AvgIpc) is 2.22. The number of hydrogen-bond donors (Lipinski definition) is 0. The average molecular weight is 301 g/mol. The third-order valence-electron chi connectivity index (χ3n) is 2.34. The summed E-state index contributed by atoms with van der Waals surface area (Å²) >= 11 is 8.45. The zero-order valence-electron chi connectivity index (χ0n) is 8.08. The second-order valence-electron chi connectivity index (χ2n) is 3.43. The van der Waals surface area contributed by atoms with Crippen molar-refractivity contribution in [3.8, 4) is 0 Å². The maximum Gasteiger partial charge on any atom is 0.130 e. The van der Waals surface area contributed by atoms with E-state index < -0.39 is 11.6 Å². The second kappa shape index (κ2) is 4.55. The van der Waals surface area contributed by atoms with E-state index in [0.29, 0.717) is 10.4 Å². The highest BCUT2D eigenvalue weighted by molar-refractivity contribution is 9.11. The Balaban J connectivity index is 2.44. The lowest BCUT2D eigenvalue weighted by Gasteiger charge is -2.16. The van der Waals surface area contributed by atoms with Crippen LogP contribution in [0.15, 0.2) is 40.9 Å². The van der Waals surface area contributed by atoms with Crippen LogP contribution in [0.4, 0.5) is 8.78 Å². The minimum atomic E-state index is -0.582. The predicted octanol–water partition coefficient (Wildman–Crippen LogP) is 4.27. The minimum absolute atomic E-state index is 0.310. The molecular weight excluding hydrogens is 294 g/mol. The van der Waals surface area contributed by atoms with Gasteiger partial charge in [0.15, 0.2) is 0 Å². The summed E-state index contributed by atoms with van der Waals surface area (Å²) in [5.41, 5.74) is 0.396. The van der Waals surface area contributed by atoms with Crippen LogP contribution in [0, 0.1) is 11.6 Å². The molecule has 1 aromatic carbocycles. The molecule has 0 aromatic heterocycles. The highest BCUT2D eigenvalue weighted by atomic mass is 79.9. The molecule has 0 saturated carbocycles. The zero-order valence-corrected chi connectivity index (χ0v) is 10.5. The fraction of sp³-hybridized carbons (Fsp3) is 0.0833. The molecule has 0 bridgehead atoms. The maximum atomic E-state index is 13.6. The Kier molecular flexibility index (Phi) is 3.30. The van der Waals surface area contributed by atoms with Gasteiger partial charge in [-0.05, 0) is 18.2 Å². The van der Waals surface area contributed by atoms with Gasteiger partial charge in [0.2, 0.25) is 0 Å². The molecule has 1 aliphatic carbocycles. The van der Waals surface area contributed by atoms with Gasteiger partial charge in [-0.3, -0.25) is 0 Å². The number of allylic oxidation sites excluding steroid dienone is 4. The van der Waals surface area contributed by atoms with Crippen molar-refractivity contribution in [3.63, 3.8) is 0 Å². The van der Waals surface area contributed by atoms with Crippen LogP contribution in [-0.4, -0.2) is 4.86 Å². The normalized spacial score (nSPS) is 19.8. The Bertz CT molecular complexity index is 506. The van der Waals surface area contributed by atoms with Gasteiger partial charge < -0.3 is 0 Å². The largest absolute Gasteiger partial charge is 0.207 e. The van der Waals surface area contributed by atoms with E-state index >= 15 is 0 Å². The molecule has 4 heteroatoms. The summed E-state index contributed by atoms with van der Waals surface area (Å²) in [6, 6.07) is 3.54. The smallest absolute Gasteiger partial charge is 0.130 e. The lowest BCUT2D eigenvalue weighted by Crippen LogP contribution is -2.10. The van der Waals surface area contributed by atoms with Crippen LogP contribution in [0.5, 0.6) is 0 Å². The molecule has 0 radical (unpaired) electrons. The quantitative estimate of drug-likeness (QED) is 0.698. The fourth-order valence-corrected chi connectivity index (χ4v) is 2.22. The van der Waals surface area contributed by atoms with Gasteiger partial charge >= 0.3 is 0 Å². The van der Waals surface area contributed by atoms with Crippen molar-refractivity contribution < 1.29 is 8.78 Å². The van der Waals surface area contributed by atoms with E-state index in [1.54, 1.807) is 18.2 Å². The first-order valence-electron chi connectivity index (χ1n) is 4.62. The van der Waals surface area contributed by atoms with Crippen LogP contribution in [0.1, 0.15) is 11.5 Å². The van der Waals surface area contributed by atoms with Crippen molar-refractivity contribution in [3.05, 3.63) is 58.1 Å². The highest BCUT2D eigenvalue weighted by Gasteiger charge is 2.19. The number of hydrogen-bond acceptors (Lipinski definition) is 1. The van der Waals surface area contributed by atoms with E-state index in [1.807, 2.05) is 0 Å². The maximum absolute atomic E-state index is 13.6. The van der Waals surface area contributed by atoms with Crippen LogP contribution >= 0.6 is 28.1 Å². The molecule has 1 aliphatic rings. The molecule has 0 N–H and O–H groups in total. The molecule has 82 valence electrons. The van der Waals surface area contributed by atoms with Gasteiger partial charge in [0.1, 0.15) is 11.6 Å². The molecule has 0 spiro atoms. The number of thiocarbonyl (C=S) groups is 1. The number of rotatable bonds is 1. The predicted molar refractivity (Wildman–Crippen MR) is 67.8 cm³/mol. The first-order chi connectivity index (χ1) is 7.58. The molecule has 2 rings (SSSR count). The van der Waals surface area contributed by atoms with Crippen LogP contribution in [0.2, 0.25) is 0 Å². The Morgan fingerprint density at radius 3 is 2.62 bits per heavy atom. The van der Waals surface area contributed by atoms with Gasteiger partial charge in [0.05, 0.1) is 0 Å². The van der Waals surface area contributed by atoms with E-state index in [9.17, 15) is 8.78 Å². The standard InChI is InChI=1S/C12H7BrF2S/c13-7-1-4-12(16)10(5-7)9-3-2-8(14)6-11(9)15/h1-6,10H. The van der Waals surface area contributed by atoms with Gasteiger partial charge in [-0.25, -0.2) is 8.78 Å². The van der Waals surface area contributed by atoms with Crippen molar-refractivity contribution in [2.75, 3.05) is 0 Å². The highest BCUT2D eigenvalue weighted by Crippen LogP contribution is 2.29. The van der Waals surface area contributed by atoms with Crippen molar-refractivity contribution >= 4 is 33.0 Å². The summed E-state index contributed by atoms with van der Waals surface area (Å²) < 4.78 is 27.2. The molecule has 0 fully saturated rings. The van der Waals surface area contributed by atoms with Gasteiger partial charge in [-0.1, -0.05) is 40.3 Å². The van der Waals surface area contributed by atoms with E-state index in [4.69, 9.17) is 12.2 Å². The Morgan fingerprint density at radius 2 is 1.94 bits per heavy atom. The summed E-state index contributed by atoms with van der Waals surface area (Å²) in [7, 11) is 0. The summed E-state index contributed by atoms with van der Waals surface area (Å²) in [5, 5.41) is 0. The fourth-order valence-electron chi connectivity index (χ4n) is 1.56. The van der Waals surface area contributed by atoms with E-state index in [1.165, 1.54) is 12.1 Å². The number of halogens is 3. The molecule has 0 heterocycles. The van der Waals surface area contributed by atoms with Crippen molar-refractivity contribution in [2.24, 2.45) is 0 Å². The SMILES string of the molecule is Fc1ccc(C2C=C(Br)C=CC2=S)c(F)c1. The molecule has 1 aromatic rings. The Labute approximate surface area is 106 Å². The van der Waals surface area contributed by atoms with Crippen LogP contribution in [0.25, 0.3) is 0 Å². The van der Waals surface area contributed by atoms with Gasteiger partial charge in [-0.15, -0.1) is 0 Å². The Hall–Kier alpha value is -0.870. The van der Waals surface area contributed by atoms with E-state index in [0.717, 1.165) is 10.5 Å². The third kappa shape index (κ3) is 2.28. The molecule has 16 heavy (non-hydrogen) atoms. The van der Waals surface area contributed by atoms with Crippen molar-refractivity contribution in [1.82, 2.24) is 0 Å². The molecule has 1 unspecified atom stereocenters. The Morgan fingerprint density at radius 1 is 1.19 bits per heavy atom. The molecule has 0 aliphatic heterocycles. The summed E-state index contributed by atoms with van der Waals surface area (Å²) in [5.74, 6) is -1.46. The van der Waals surface area contributed by atoms with Crippen molar-refractivity contribution in [1.29, 1.82) is 0 Å². The molecule has 0 amide bonds. The summed E-state index contributed by atoms with van der Waals surface area (Å²) in [6.45, 7) is 0. The van der Waals surface area contributed by atoms with Gasteiger partial charge in [0.25, 0.3) is 0 Å². The van der Waals surface area contributed by atoms with Crippen LogP contribution in [0.3, 0.4) is 0 Å². The second-order valence-corrected chi connectivity index (χ2v) is 4.82. The zero-order chi connectivity index (χ0) is 11.7. The summed E-state index contributed by atoms with van der Waals surface area (Å²) in [4.78, 5) is 0.619. The summed E-state index contributed by atoms with van der Waals surface area (Å²) in [6.07, 6.45) is 5.35. The molecular formula is C12H7BrF2S. The minimum Gasteiger partial charge on any atom is -0.207 e. The lowest BCUT2D eigenvalue weighted by molar-refractivity contribution is 0.573. The monoisotopic (exact) mass is 300 g/mol. The van der Waals surface area contributed by atoms with Gasteiger partial charge in [-0.2, -0.15) is 0 Å². The van der Waals surface area contributed by atoms with Gasteiger partial charge in [0, 0.05) is 26.9 Å².